The molecule has 0 saturated carbocycles. The molecule has 0 aliphatic heterocycles. The largest absolute Gasteiger partial charge is 1.00 e. The Morgan fingerprint density at radius 2 is 2.07 bits per heavy atom. The molecule has 0 unspecified atom stereocenters. The summed E-state index contributed by atoms with van der Waals surface area (Å²) in [4.78, 5) is 11.2. The minimum absolute atomic E-state index is 0. The van der Waals surface area contributed by atoms with E-state index in [2.05, 4.69) is 0 Å². The van der Waals surface area contributed by atoms with Crippen LogP contribution >= 0.6 is 0 Å². The molecule has 0 fully saturated rings. The van der Waals surface area contributed by atoms with E-state index in [1.807, 2.05) is 6.92 Å². The Bertz CT molecular complexity index is 299. The third-order valence-corrected chi connectivity index (χ3v) is 1.54. The molecule has 0 heterocycles. The van der Waals surface area contributed by atoms with E-state index in [0.29, 0.717) is 6.61 Å². The van der Waals surface area contributed by atoms with Gasteiger partial charge in [0.1, 0.15) is 0 Å². The number of esters is 1. The van der Waals surface area contributed by atoms with Crippen LogP contribution in [0.25, 0.3) is 0 Å². The molecule has 0 aliphatic rings. The summed E-state index contributed by atoms with van der Waals surface area (Å²) in [5.41, 5.74) is 0.107. The normalized spacial score (nSPS) is 8.93. The maximum atomic E-state index is 11.2. The molecule has 4 heteroatoms. The molecule has 14 heavy (non-hydrogen) atoms. The van der Waals surface area contributed by atoms with Gasteiger partial charge in [0.05, 0.1) is 12.2 Å². The van der Waals surface area contributed by atoms with E-state index < -0.39 is 5.97 Å². The molecular formula is C10H11NaO3. The van der Waals surface area contributed by atoms with Gasteiger partial charge < -0.3 is 9.84 Å². The van der Waals surface area contributed by atoms with E-state index in [9.17, 15) is 9.90 Å². The molecule has 1 aromatic carbocycles. The van der Waals surface area contributed by atoms with Crippen molar-refractivity contribution < 1.29 is 44.2 Å². The molecule has 0 amide bonds. The van der Waals surface area contributed by atoms with Gasteiger partial charge in [-0.05, 0) is 12.5 Å². The number of hydrogen-bond donors (Lipinski definition) is 0. The minimum Gasteiger partial charge on any atom is -0.872 e. The second-order valence-electron chi connectivity index (χ2n) is 2.63. The zero-order valence-corrected chi connectivity index (χ0v) is 10.4. The Kier molecular flexibility index (Phi) is 6.62. The van der Waals surface area contributed by atoms with Gasteiger partial charge in [0.25, 0.3) is 0 Å². The summed E-state index contributed by atoms with van der Waals surface area (Å²) < 4.78 is 4.82. The minimum atomic E-state index is -0.535. The van der Waals surface area contributed by atoms with Crippen LogP contribution in [-0.4, -0.2) is 12.6 Å². The molecule has 0 bridgehead atoms. The van der Waals surface area contributed by atoms with Gasteiger partial charge in [-0.2, -0.15) is 0 Å². The predicted octanol–water partition coefficient (Wildman–Crippen LogP) is -1.67. The fourth-order valence-electron chi connectivity index (χ4n) is 0.908. The van der Waals surface area contributed by atoms with Crippen LogP contribution < -0.4 is 34.7 Å². The number of hydrogen-bond acceptors (Lipinski definition) is 3. The van der Waals surface area contributed by atoms with Crippen LogP contribution in [0.1, 0.15) is 23.7 Å². The maximum Gasteiger partial charge on any atom is 1.00 e. The average Bonchev–Trinajstić information content (AvgIpc) is 2.15. The van der Waals surface area contributed by atoms with E-state index in [4.69, 9.17) is 4.74 Å². The molecule has 0 aromatic heterocycles. The van der Waals surface area contributed by atoms with Gasteiger partial charge >= 0.3 is 35.5 Å². The molecule has 1 aromatic rings. The third-order valence-electron chi connectivity index (χ3n) is 1.54. The Hall–Kier alpha value is -0.510. The van der Waals surface area contributed by atoms with E-state index in [-0.39, 0.29) is 40.9 Å². The zero-order valence-electron chi connectivity index (χ0n) is 8.45. The van der Waals surface area contributed by atoms with Crippen molar-refractivity contribution in [2.45, 2.75) is 13.3 Å². The van der Waals surface area contributed by atoms with Crippen molar-refractivity contribution in [1.29, 1.82) is 0 Å². The van der Waals surface area contributed by atoms with E-state index in [1.54, 1.807) is 12.1 Å². The van der Waals surface area contributed by atoms with Gasteiger partial charge in [0, 0.05) is 0 Å². The molecular weight excluding hydrogens is 191 g/mol. The van der Waals surface area contributed by atoms with Crippen LogP contribution in [0.15, 0.2) is 24.3 Å². The van der Waals surface area contributed by atoms with Crippen molar-refractivity contribution in [3.8, 4) is 5.75 Å². The number of ether oxygens (including phenoxy) is 1. The van der Waals surface area contributed by atoms with Gasteiger partial charge in [0.2, 0.25) is 0 Å². The second-order valence-corrected chi connectivity index (χ2v) is 2.63. The monoisotopic (exact) mass is 202 g/mol. The smallest absolute Gasteiger partial charge is 0.872 e. The van der Waals surface area contributed by atoms with Crippen molar-refractivity contribution in [2.24, 2.45) is 0 Å². The second kappa shape index (κ2) is 6.87. The van der Waals surface area contributed by atoms with Crippen molar-refractivity contribution in [1.82, 2.24) is 0 Å². The topological polar surface area (TPSA) is 49.4 Å². The summed E-state index contributed by atoms with van der Waals surface area (Å²) in [6, 6.07) is 6.06. The third kappa shape index (κ3) is 3.70. The number of rotatable bonds is 3. The first-order valence-corrected chi connectivity index (χ1v) is 4.19. The molecule has 0 atom stereocenters. The SMILES string of the molecule is CCCOC(=O)c1ccccc1[O-].[Na+]. The van der Waals surface area contributed by atoms with Gasteiger partial charge in [-0.15, -0.1) is 0 Å². The van der Waals surface area contributed by atoms with Crippen LogP contribution in [-0.2, 0) is 4.74 Å². The standard InChI is InChI=1S/C10H12O3.Na/c1-2-7-13-10(12)8-5-3-4-6-9(8)11;/h3-6,11H,2,7H2,1H3;/q;+1/p-1. The summed E-state index contributed by atoms with van der Waals surface area (Å²) in [6.07, 6.45) is 0.757. The summed E-state index contributed by atoms with van der Waals surface area (Å²) in [5.74, 6) is -0.823. The van der Waals surface area contributed by atoms with Crippen molar-refractivity contribution in [2.75, 3.05) is 6.61 Å². The average molecular weight is 202 g/mol. The first-order chi connectivity index (χ1) is 6.25. The summed E-state index contributed by atoms with van der Waals surface area (Å²) >= 11 is 0. The summed E-state index contributed by atoms with van der Waals surface area (Å²) in [7, 11) is 0. The molecule has 0 radical (unpaired) electrons. The van der Waals surface area contributed by atoms with Gasteiger partial charge in [-0.25, -0.2) is 4.79 Å². The van der Waals surface area contributed by atoms with E-state index in [0.717, 1.165) is 6.42 Å². The molecule has 0 saturated heterocycles. The van der Waals surface area contributed by atoms with Gasteiger partial charge in [0.15, 0.2) is 0 Å². The molecule has 0 N–H and O–H groups in total. The Morgan fingerprint density at radius 1 is 1.43 bits per heavy atom. The van der Waals surface area contributed by atoms with Crippen molar-refractivity contribution in [3.63, 3.8) is 0 Å². The number of benzene rings is 1. The molecule has 0 aliphatic carbocycles. The Balaban J connectivity index is 0.00000169. The van der Waals surface area contributed by atoms with Gasteiger partial charge in [-0.3, -0.25) is 0 Å². The molecule has 3 nitrogen and oxygen atoms in total. The van der Waals surface area contributed by atoms with Crippen LogP contribution in [0.2, 0.25) is 0 Å². The van der Waals surface area contributed by atoms with E-state index in [1.165, 1.54) is 12.1 Å². The van der Waals surface area contributed by atoms with Crippen LogP contribution in [0, 0.1) is 0 Å². The first-order valence-electron chi connectivity index (χ1n) is 4.19. The van der Waals surface area contributed by atoms with Crippen LogP contribution in [0.4, 0.5) is 0 Å². The fraction of sp³-hybridized carbons (Fsp3) is 0.300. The van der Waals surface area contributed by atoms with Crippen LogP contribution in [0.5, 0.6) is 5.75 Å². The number of para-hydroxylation sites is 1. The van der Waals surface area contributed by atoms with Crippen molar-refractivity contribution >= 4 is 5.97 Å². The van der Waals surface area contributed by atoms with Crippen molar-refractivity contribution in [3.05, 3.63) is 29.8 Å². The molecule has 70 valence electrons. The first kappa shape index (κ1) is 13.5. The Labute approximate surface area is 105 Å². The molecule has 0 spiro atoms. The fourth-order valence-corrected chi connectivity index (χ4v) is 0.908. The molecule has 1 rings (SSSR count). The quantitative estimate of drug-likeness (QED) is 0.435. The van der Waals surface area contributed by atoms with Crippen LogP contribution in [0.3, 0.4) is 0 Å². The Morgan fingerprint density at radius 3 is 2.64 bits per heavy atom. The van der Waals surface area contributed by atoms with E-state index >= 15 is 0 Å². The zero-order chi connectivity index (χ0) is 9.68. The maximum absolute atomic E-state index is 11.2. The summed E-state index contributed by atoms with van der Waals surface area (Å²) in [6.45, 7) is 2.25. The number of carbonyl (C=O) groups is 1. The number of carbonyl (C=O) groups excluding carboxylic acids is 1. The predicted molar refractivity (Wildman–Crippen MR) is 46.5 cm³/mol. The van der Waals surface area contributed by atoms with Gasteiger partial charge in [-0.1, -0.05) is 30.9 Å². The summed E-state index contributed by atoms with van der Waals surface area (Å²) in [5, 5.41) is 11.1.